The van der Waals surface area contributed by atoms with Crippen LogP contribution < -0.4 is 10.6 Å². The van der Waals surface area contributed by atoms with Gasteiger partial charge in [-0.15, -0.1) is 0 Å². The topological polar surface area (TPSA) is 32.5 Å². The largest absolute Gasteiger partial charge is 0.399 e. The normalized spacial score (nSPS) is 16.1. The highest BCUT2D eigenvalue weighted by molar-refractivity contribution is 9.10. The van der Waals surface area contributed by atoms with Crippen LogP contribution in [0.2, 0.25) is 0 Å². The zero-order valence-electron chi connectivity index (χ0n) is 12.0. The molecule has 1 saturated heterocycles. The van der Waals surface area contributed by atoms with Gasteiger partial charge in [0.2, 0.25) is 0 Å². The first-order valence-electron chi connectivity index (χ1n) is 7.28. The minimum Gasteiger partial charge on any atom is -0.399 e. The van der Waals surface area contributed by atoms with Crippen LogP contribution in [0, 0.1) is 0 Å². The molecule has 0 spiro atoms. The highest BCUT2D eigenvalue weighted by Crippen LogP contribution is 2.19. The predicted octanol–water partition coefficient (Wildman–Crippen LogP) is 3.35. The fourth-order valence-electron chi connectivity index (χ4n) is 2.70. The Morgan fingerprint density at radius 3 is 2.10 bits per heavy atom. The van der Waals surface area contributed by atoms with Crippen LogP contribution in [0.25, 0.3) is 0 Å². The van der Waals surface area contributed by atoms with Crippen molar-refractivity contribution in [2.45, 2.75) is 6.54 Å². The van der Waals surface area contributed by atoms with Gasteiger partial charge in [0.15, 0.2) is 0 Å². The van der Waals surface area contributed by atoms with Gasteiger partial charge in [0, 0.05) is 48.6 Å². The van der Waals surface area contributed by atoms with Crippen molar-refractivity contribution in [3.05, 3.63) is 58.6 Å². The van der Waals surface area contributed by atoms with Crippen LogP contribution in [0.3, 0.4) is 0 Å². The van der Waals surface area contributed by atoms with E-state index in [1.165, 1.54) is 11.3 Å². The minimum absolute atomic E-state index is 0.827. The molecule has 3 nitrogen and oxygen atoms in total. The Hall–Kier alpha value is -1.52. The molecule has 2 aromatic carbocycles. The van der Waals surface area contributed by atoms with Gasteiger partial charge in [0.05, 0.1) is 0 Å². The summed E-state index contributed by atoms with van der Waals surface area (Å²) >= 11 is 3.48. The average molecular weight is 346 g/mol. The first kappa shape index (κ1) is 14.4. The number of nitrogens with zero attached hydrogens (tertiary/aromatic N) is 2. The summed E-state index contributed by atoms with van der Waals surface area (Å²) in [5.41, 5.74) is 9.22. The van der Waals surface area contributed by atoms with E-state index in [9.17, 15) is 0 Å². The smallest absolute Gasteiger partial charge is 0.0368 e. The monoisotopic (exact) mass is 345 g/mol. The summed E-state index contributed by atoms with van der Waals surface area (Å²) in [6, 6.07) is 16.8. The minimum atomic E-state index is 0.827. The van der Waals surface area contributed by atoms with E-state index < -0.39 is 0 Å². The zero-order valence-corrected chi connectivity index (χ0v) is 13.6. The molecule has 0 unspecified atom stereocenters. The van der Waals surface area contributed by atoms with Gasteiger partial charge in [-0.25, -0.2) is 0 Å². The fourth-order valence-corrected chi connectivity index (χ4v) is 2.96. The van der Waals surface area contributed by atoms with Gasteiger partial charge in [0.25, 0.3) is 0 Å². The van der Waals surface area contributed by atoms with Crippen LogP contribution in [-0.4, -0.2) is 31.1 Å². The van der Waals surface area contributed by atoms with Crippen molar-refractivity contribution in [3.63, 3.8) is 0 Å². The van der Waals surface area contributed by atoms with Gasteiger partial charge in [0.1, 0.15) is 0 Å². The number of halogens is 1. The summed E-state index contributed by atoms with van der Waals surface area (Å²) in [5, 5.41) is 0. The number of nitrogens with two attached hydrogens (primary N) is 1. The molecule has 0 atom stereocenters. The van der Waals surface area contributed by atoms with E-state index in [1.807, 2.05) is 12.1 Å². The first-order valence-corrected chi connectivity index (χ1v) is 8.07. The number of hydrogen-bond acceptors (Lipinski definition) is 3. The third-order valence-electron chi connectivity index (χ3n) is 3.95. The maximum absolute atomic E-state index is 5.74. The summed E-state index contributed by atoms with van der Waals surface area (Å²) in [6.45, 7) is 5.37. The zero-order chi connectivity index (χ0) is 14.7. The van der Waals surface area contributed by atoms with Crippen LogP contribution in [0.15, 0.2) is 53.0 Å². The molecule has 0 bridgehead atoms. The van der Waals surface area contributed by atoms with Crippen molar-refractivity contribution in [1.82, 2.24) is 4.90 Å². The van der Waals surface area contributed by atoms with Crippen LogP contribution >= 0.6 is 15.9 Å². The molecule has 1 aliphatic heterocycles. The van der Waals surface area contributed by atoms with Crippen LogP contribution in [0.4, 0.5) is 11.4 Å². The molecular weight excluding hydrogens is 326 g/mol. The molecule has 4 heteroatoms. The Balaban J connectivity index is 1.55. The van der Waals surface area contributed by atoms with E-state index in [4.69, 9.17) is 5.73 Å². The third-order valence-corrected chi connectivity index (χ3v) is 4.48. The summed E-state index contributed by atoms with van der Waals surface area (Å²) in [5.74, 6) is 0. The second-order valence-electron chi connectivity index (χ2n) is 5.48. The Bertz CT molecular complexity index is 572. The van der Waals surface area contributed by atoms with Crippen LogP contribution in [-0.2, 0) is 6.54 Å². The molecule has 0 amide bonds. The fraction of sp³-hybridized carbons (Fsp3) is 0.294. The van der Waals surface area contributed by atoms with Crippen molar-refractivity contribution < 1.29 is 0 Å². The number of rotatable bonds is 3. The lowest BCUT2D eigenvalue weighted by atomic mass is 10.2. The van der Waals surface area contributed by atoms with Gasteiger partial charge < -0.3 is 10.6 Å². The molecule has 2 aromatic rings. The molecule has 0 aromatic heterocycles. The predicted molar refractivity (Wildman–Crippen MR) is 92.5 cm³/mol. The van der Waals surface area contributed by atoms with E-state index in [0.717, 1.165) is 42.9 Å². The maximum Gasteiger partial charge on any atom is 0.0368 e. The number of nitrogen functional groups attached to an aromatic ring is 1. The SMILES string of the molecule is Nc1ccc(N2CCN(Cc3ccc(Br)cc3)CC2)cc1. The summed E-state index contributed by atoms with van der Waals surface area (Å²) < 4.78 is 1.14. The molecule has 2 N–H and O–H groups in total. The van der Waals surface area contributed by atoms with Crippen LogP contribution in [0.5, 0.6) is 0 Å². The van der Waals surface area contributed by atoms with Gasteiger partial charge in [-0.1, -0.05) is 28.1 Å². The lowest BCUT2D eigenvalue weighted by molar-refractivity contribution is 0.250. The quantitative estimate of drug-likeness (QED) is 0.865. The summed E-state index contributed by atoms with van der Waals surface area (Å²) in [7, 11) is 0. The molecule has 3 rings (SSSR count). The number of piperazine rings is 1. The average Bonchev–Trinajstić information content (AvgIpc) is 2.51. The summed E-state index contributed by atoms with van der Waals surface area (Å²) in [4.78, 5) is 4.94. The van der Waals surface area contributed by atoms with Crippen molar-refractivity contribution in [2.75, 3.05) is 36.8 Å². The molecule has 0 radical (unpaired) electrons. The van der Waals surface area contributed by atoms with Crippen LogP contribution in [0.1, 0.15) is 5.56 Å². The molecular formula is C17H20BrN3. The van der Waals surface area contributed by atoms with E-state index in [-0.39, 0.29) is 0 Å². The van der Waals surface area contributed by atoms with E-state index in [0.29, 0.717) is 0 Å². The number of hydrogen-bond donors (Lipinski definition) is 1. The molecule has 0 aliphatic carbocycles. The van der Waals surface area contributed by atoms with Gasteiger partial charge >= 0.3 is 0 Å². The van der Waals surface area contributed by atoms with Gasteiger partial charge in [-0.3, -0.25) is 4.90 Å². The molecule has 1 fully saturated rings. The van der Waals surface area contributed by atoms with E-state index >= 15 is 0 Å². The van der Waals surface area contributed by atoms with Crippen molar-refractivity contribution in [2.24, 2.45) is 0 Å². The number of benzene rings is 2. The lowest BCUT2D eigenvalue weighted by Gasteiger charge is -2.36. The molecule has 1 aliphatic rings. The second kappa shape index (κ2) is 6.50. The molecule has 110 valence electrons. The maximum atomic E-state index is 5.74. The number of anilines is 2. The molecule has 21 heavy (non-hydrogen) atoms. The summed E-state index contributed by atoms with van der Waals surface area (Å²) in [6.07, 6.45) is 0. The highest BCUT2D eigenvalue weighted by Gasteiger charge is 2.17. The highest BCUT2D eigenvalue weighted by atomic mass is 79.9. The third kappa shape index (κ3) is 3.77. The molecule has 1 heterocycles. The van der Waals surface area contributed by atoms with E-state index in [2.05, 4.69) is 62.1 Å². The van der Waals surface area contributed by atoms with Crippen molar-refractivity contribution in [1.29, 1.82) is 0 Å². The van der Waals surface area contributed by atoms with Gasteiger partial charge in [-0.2, -0.15) is 0 Å². The van der Waals surface area contributed by atoms with E-state index in [1.54, 1.807) is 0 Å². The van der Waals surface area contributed by atoms with Crippen molar-refractivity contribution in [3.8, 4) is 0 Å². The Kier molecular flexibility index (Phi) is 4.46. The Morgan fingerprint density at radius 1 is 0.857 bits per heavy atom. The first-order chi connectivity index (χ1) is 10.2. The lowest BCUT2D eigenvalue weighted by Crippen LogP contribution is -2.45. The standard InChI is InChI=1S/C17H20BrN3/c18-15-3-1-14(2-4-15)13-20-9-11-21(12-10-20)17-7-5-16(19)6-8-17/h1-8H,9-13,19H2. The Labute approximate surface area is 134 Å². The molecule has 0 saturated carbocycles. The van der Waals surface area contributed by atoms with Gasteiger partial charge in [-0.05, 0) is 42.0 Å². The Morgan fingerprint density at radius 2 is 1.48 bits per heavy atom. The second-order valence-corrected chi connectivity index (χ2v) is 6.40. The van der Waals surface area contributed by atoms with Crippen molar-refractivity contribution >= 4 is 27.3 Å².